The first-order valence-electron chi connectivity index (χ1n) is 8.18. The summed E-state index contributed by atoms with van der Waals surface area (Å²) in [7, 11) is 0. The van der Waals surface area contributed by atoms with Crippen LogP contribution >= 0.6 is 0 Å². The minimum Gasteiger partial charge on any atom is -0.332 e. The van der Waals surface area contributed by atoms with E-state index in [9.17, 15) is 4.79 Å². The van der Waals surface area contributed by atoms with Crippen molar-refractivity contribution >= 4 is 6.03 Å². The van der Waals surface area contributed by atoms with Gasteiger partial charge >= 0.3 is 6.03 Å². The van der Waals surface area contributed by atoms with Gasteiger partial charge in [0.25, 0.3) is 0 Å². The fourth-order valence-electron chi connectivity index (χ4n) is 3.07. The fraction of sp³-hybridized carbons (Fsp3) is 0.750. The van der Waals surface area contributed by atoms with Crippen molar-refractivity contribution in [2.45, 2.75) is 52.1 Å². The number of carbonyl (C=O) groups is 1. The minimum atomic E-state index is 0.0624. The molecule has 2 heterocycles. The highest BCUT2D eigenvalue weighted by Crippen LogP contribution is 2.37. The standard InChI is InChI=1S/C16H26N4O/c1-12(2)20-8-6-15(18-20)10-17-16(21)19-7-5-14(11-19)9-13-3-4-13/h6,8,12-14H,3-5,7,9-11H2,1-2H3,(H,17,21)/t14-/m1/s1. The van der Waals surface area contributed by atoms with Gasteiger partial charge < -0.3 is 10.2 Å². The Bertz CT molecular complexity index is 492. The van der Waals surface area contributed by atoms with Crippen LogP contribution in [0.3, 0.4) is 0 Å². The predicted molar refractivity (Wildman–Crippen MR) is 81.9 cm³/mol. The average molecular weight is 290 g/mol. The van der Waals surface area contributed by atoms with Gasteiger partial charge in [-0.15, -0.1) is 0 Å². The molecule has 0 bridgehead atoms. The Kier molecular flexibility index (Phi) is 4.17. The van der Waals surface area contributed by atoms with Gasteiger partial charge in [-0.3, -0.25) is 4.68 Å². The number of urea groups is 1. The molecular weight excluding hydrogens is 264 g/mol. The zero-order valence-corrected chi connectivity index (χ0v) is 13.1. The second-order valence-electron chi connectivity index (χ2n) is 6.82. The molecular formula is C16H26N4O. The van der Waals surface area contributed by atoms with Gasteiger partial charge in [0, 0.05) is 25.3 Å². The fourth-order valence-corrected chi connectivity index (χ4v) is 3.07. The van der Waals surface area contributed by atoms with Crippen LogP contribution in [0.25, 0.3) is 0 Å². The Morgan fingerprint density at radius 3 is 2.86 bits per heavy atom. The van der Waals surface area contributed by atoms with E-state index in [1.807, 2.05) is 21.8 Å². The van der Waals surface area contributed by atoms with Gasteiger partial charge in [0.15, 0.2) is 0 Å². The smallest absolute Gasteiger partial charge is 0.317 e. The zero-order valence-electron chi connectivity index (χ0n) is 13.1. The summed E-state index contributed by atoms with van der Waals surface area (Å²) in [5.41, 5.74) is 0.922. The largest absolute Gasteiger partial charge is 0.332 e. The third kappa shape index (κ3) is 3.77. The van der Waals surface area contributed by atoms with Gasteiger partial charge in [-0.2, -0.15) is 5.10 Å². The Labute approximate surface area is 126 Å². The first-order chi connectivity index (χ1) is 10.1. The van der Waals surface area contributed by atoms with Crippen molar-refractivity contribution in [2.24, 2.45) is 11.8 Å². The maximum Gasteiger partial charge on any atom is 0.317 e. The molecule has 21 heavy (non-hydrogen) atoms. The maximum atomic E-state index is 12.2. The second-order valence-corrected chi connectivity index (χ2v) is 6.82. The molecule has 5 nitrogen and oxygen atoms in total. The van der Waals surface area contributed by atoms with Gasteiger partial charge in [-0.25, -0.2) is 4.79 Å². The molecule has 2 aliphatic rings. The molecule has 0 spiro atoms. The molecule has 1 aromatic rings. The number of nitrogens with one attached hydrogen (secondary N) is 1. The highest BCUT2D eigenvalue weighted by Gasteiger charge is 2.31. The van der Waals surface area contributed by atoms with Crippen LogP contribution in [0.1, 0.15) is 51.3 Å². The molecule has 1 saturated carbocycles. The van der Waals surface area contributed by atoms with E-state index < -0.39 is 0 Å². The highest BCUT2D eigenvalue weighted by molar-refractivity contribution is 5.74. The van der Waals surface area contributed by atoms with E-state index in [0.717, 1.165) is 30.6 Å². The molecule has 0 radical (unpaired) electrons. The Balaban J connectivity index is 1.43. The molecule has 116 valence electrons. The van der Waals surface area contributed by atoms with E-state index in [1.165, 1.54) is 25.7 Å². The average Bonchev–Trinajstić information content (AvgIpc) is 2.96. The molecule has 0 unspecified atom stereocenters. The van der Waals surface area contributed by atoms with Gasteiger partial charge in [0.05, 0.1) is 12.2 Å². The van der Waals surface area contributed by atoms with Crippen LogP contribution in [0, 0.1) is 11.8 Å². The van der Waals surface area contributed by atoms with E-state index in [-0.39, 0.29) is 6.03 Å². The van der Waals surface area contributed by atoms with Crippen molar-refractivity contribution in [1.82, 2.24) is 20.0 Å². The molecule has 1 N–H and O–H groups in total. The first-order valence-corrected chi connectivity index (χ1v) is 8.18. The lowest BCUT2D eigenvalue weighted by Gasteiger charge is -2.17. The number of amides is 2. The summed E-state index contributed by atoms with van der Waals surface area (Å²) < 4.78 is 1.92. The number of carbonyl (C=O) groups excluding carboxylic acids is 1. The lowest BCUT2D eigenvalue weighted by Crippen LogP contribution is -2.38. The lowest BCUT2D eigenvalue weighted by atomic mass is 10.0. The Morgan fingerprint density at radius 1 is 1.38 bits per heavy atom. The third-order valence-electron chi connectivity index (χ3n) is 4.55. The topological polar surface area (TPSA) is 50.2 Å². The predicted octanol–water partition coefficient (Wildman–Crippen LogP) is 2.80. The number of likely N-dealkylation sites (tertiary alicyclic amines) is 1. The number of aromatic nitrogens is 2. The Hall–Kier alpha value is -1.52. The summed E-state index contributed by atoms with van der Waals surface area (Å²) in [5.74, 6) is 1.68. The summed E-state index contributed by atoms with van der Waals surface area (Å²) in [6.45, 7) is 6.55. The van der Waals surface area contributed by atoms with Gasteiger partial charge in [-0.05, 0) is 44.6 Å². The van der Waals surface area contributed by atoms with E-state index in [4.69, 9.17) is 0 Å². The van der Waals surface area contributed by atoms with E-state index in [2.05, 4.69) is 24.3 Å². The summed E-state index contributed by atoms with van der Waals surface area (Å²) in [4.78, 5) is 14.2. The highest BCUT2D eigenvalue weighted by atomic mass is 16.2. The van der Waals surface area contributed by atoms with Crippen LogP contribution in [-0.2, 0) is 6.54 Å². The molecule has 1 atom stereocenters. The van der Waals surface area contributed by atoms with Crippen molar-refractivity contribution in [3.05, 3.63) is 18.0 Å². The number of nitrogens with zero attached hydrogens (tertiary/aromatic N) is 3. The lowest BCUT2D eigenvalue weighted by molar-refractivity contribution is 0.206. The Morgan fingerprint density at radius 2 is 2.19 bits per heavy atom. The molecule has 3 rings (SSSR count). The molecule has 2 fully saturated rings. The first kappa shape index (κ1) is 14.4. The SMILES string of the molecule is CC(C)n1ccc(CNC(=O)N2CC[C@H](CC3CC3)C2)n1. The third-order valence-corrected chi connectivity index (χ3v) is 4.55. The molecule has 1 aromatic heterocycles. The summed E-state index contributed by atoms with van der Waals surface area (Å²) in [5, 5.41) is 7.45. The van der Waals surface area contributed by atoms with Crippen molar-refractivity contribution in [2.75, 3.05) is 13.1 Å². The van der Waals surface area contributed by atoms with Gasteiger partial charge in [0.1, 0.15) is 0 Å². The van der Waals surface area contributed by atoms with Crippen LogP contribution < -0.4 is 5.32 Å². The zero-order chi connectivity index (χ0) is 14.8. The summed E-state index contributed by atoms with van der Waals surface area (Å²) in [6, 6.07) is 2.39. The van der Waals surface area contributed by atoms with E-state index in [1.54, 1.807) is 0 Å². The van der Waals surface area contributed by atoms with Crippen molar-refractivity contribution in [1.29, 1.82) is 0 Å². The van der Waals surface area contributed by atoms with Crippen LogP contribution in [0.4, 0.5) is 4.79 Å². The summed E-state index contributed by atoms with van der Waals surface area (Å²) >= 11 is 0. The van der Waals surface area contributed by atoms with Gasteiger partial charge in [0.2, 0.25) is 0 Å². The van der Waals surface area contributed by atoms with Gasteiger partial charge in [-0.1, -0.05) is 12.8 Å². The monoisotopic (exact) mass is 290 g/mol. The second kappa shape index (κ2) is 6.08. The molecule has 5 heteroatoms. The van der Waals surface area contributed by atoms with E-state index in [0.29, 0.717) is 12.6 Å². The molecule has 1 saturated heterocycles. The quantitative estimate of drug-likeness (QED) is 0.906. The minimum absolute atomic E-state index is 0.0624. The van der Waals surface area contributed by atoms with E-state index >= 15 is 0 Å². The molecule has 2 amide bonds. The molecule has 1 aliphatic carbocycles. The van der Waals surface area contributed by atoms with Crippen LogP contribution in [0.2, 0.25) is 0 Å². The van der Waals surface area contributed by atoms with Crippen molar-refractivity contribution in [3.63, 3.8) is 0 Å². The van der Waals surface area contributed by atoms with Crippen molar-refractivity contribution < 1.29 is 4.79 Å². The van der Waals surface area contributed by atoms with Crippen LogP contribution in [0.15, 0.2) is 12.3 Å². The normalized spacial score (nSPS) is 22.0. The van der Waals surface area contributed by atoms with Crippen LogP contribution in [-0.4, -0.2) is 33.8 Å². The maximum absolute atomic E-state index is 12.2. The molecule has 0 aromatic carbocycles. The molecule has 1 aliphatic heterocycles. The number of rotatable bonds is 5. The number of hydrogen-bond acceptors (Lipinski definition) is 2. The number of hydrogen-bond donors (Lipinski definition) is 1. The van der Waals surface area contributed by atoms with Crippen LogP contribution in [0.5, 0.6) is 0 Å². The van der Waals surface area contributed by atoms with Crippen molar-refractivity contribution in [3.8, 4) is 0 Å². The summed E-state index contributed by atoms with van der Waals surface area (Å²) in [6.07, 6.45) is 7.27.